The highest BCUT2D eigenvalue weighted by atomic mass is 16.5. The van der Waals surface area contributed by atoms with Gasteiger partial charge in [0.05, 0.1) is 6.61 Å². The minimum Gasteiger partial charge on any atom is -0.464 e. The van der Waals surface area contributed by atoms with Gasteiger partial charge < -0.3 is 4.74 Å². The van der Waals surface area contributed by atoms with Crippen molar-refractivity contribution in [2.75, 3.05) is 52.4 Å². The smallest absolute Gasteiger partial charge is 0.331 e. The van der Waals surface area contributed by atoms with Crippen LogP contribution in [0.1, 0.15) is 84.4 Å². The summed E-state index contributed by atoms with van der Waals surface area (Å²) in [5.74, 6) is 0.360. The number of ether oxygens (including phenoxy) is 1. The van der Waals surface area contributed by atoms with Crippen molar-refractivity contribution in [1.82, 2.24) is 45.6 Å². The first-order chi connectivity index (χ1) is 17.5. The molecule has 5 heterocycles. The average molecular weight is 504 g/mol. The molecule has 0 amide bonds. The highest BCUT2D eigenvalue weighted by molar-refractivity contribution is 5.83. The van der Waals surface area contributed by atoms with Crippen LogP contribution in [0.2, 0.25) is 0 Å². The summed E-state index contributed by atoms with van der Waals surface area (Å²) in [6.45, 7) is 13.0. The Balaban J connectivity index is 1.75. The van der Waals surface area contributed by atoms with Gasteiger partial charge in [0.15, 0.2) is 11.2 Å². The van der Waals surface area contributed by atoms with Crippen LogP contribution in [-0.4, -0.2) is 116 Å². The molecule has 0 aliphatic carbocycles. The van der Waals surface area contributed by atoms with Crippen molar-refractivity contribution in [3.05, 3.63) is 5.82 Å². The second-order valence-corrected chi connectivity index (χ2v) is 11.1. The van der Waals surface area contributed by atoms with E-state index in [9.17, 15) is 4.79 Å². The molecule has 4 aliphatic heterocycles. The van der Waals surface area contributed by atoms with Gasteiger partial charge in [-0.05, 0) is 59.3 Å². The molecule has 3 unspecified atom stereocenters. The Labute approximate surface area is 215 Å². The maximum atomic E-state index is 14.5. The molecule has 4 aliphatic rings. The lowest BCUT2D eigenvalue weighted by molar-refractivity contribution is -0.323. The number of hydrazine groups is 2. The normalized spacial score (nSPS) is 34.6. The van der Waals surface area contributed by atoms with E-state index in [0.717, 1.165) is 84.3 Å². The van der Waals surface area contributed by atoms with E-state index in [0.29, 0.717) is 12.4 Å². The lowest BCUT2D eigenvalue weighted by atomic mass is 9.76. The van der Waals surface area contributed by atoms with Crippen LogP contribution in [0.5, 0.6) is 0 Å². The summed E-state index contributed by atoms with van der Waals surface area (Å²) in [6.07, 6.45) is 10.4. The molecule has 1 aromatic rings. The largest absolute Gasteiger partial charge is 0.464 e. The molecule has 1 N–H and O–H groups in total. The SMILES string of the molecule is CCOC(=O)C1(C)N(N2CCCCC2)C(C)CN(N2CCCCC2)C1(c1nn[nH]n1)N1CCCCC1. The summed E-state index contributed by atoms with van der Waals surface area (Å²) in [4.78, 5) is 16.9. The van der Waals surface area contributed by atoms with Crippen LogP contribution in [0.15, 0.2) is 0 Å². The Bertz CT molecular complexity index is 852. The van der Waals surface area contributed by atoms with Gasteiger partial charge in [-0.2, -0.15) is 5.21 Å². The van der Waals surface area contributed by atoms with Crippen LogP contribution in [0.3, 0.4) is 0 Å². The lowest BCUT2D eigenvalue weighted by Crippen LogP contribution is -2.86. The molecule has 0 aromatic carbocycles. The van der Waals surface area contributed by atoms with Crippen LogP contribution >= 0.6 is 0 Å². The third-order valence-electron chi connectivity index (χ3n) is 8.82. The number of aromatic nitrogens is 4. The van der Waals surface area contributed by atoms with E-state index in [-0.39, 0.29) is 12.0 Å². The predicted molar refractivity (Wildman–Crippen MR) is 135 cm³/mol. The van der Waals surface area contributed by atoms with Crippen LogP contribution < -0.4 is 0 Å². The molecule has 11 nitrogen and oxygen atoms in total. The first-order valence-electron chi connectivity index (χ1n) is 14.3. The van der Waals surface area contributed by atoms with Crippen LogP contribution in [0, 0.1) is 0 Å². The van der Waals surface area contributed by atoms with Crippen molar-refractivity contribution in [3.63, 3.8) is 0 Å². The first kappa shape index (κ1) is 26.0. The molecule has 11 heteroatoms. The Morgan fingerprint density at radius 1 is 0.944 bits per heavy atom. The Morgan fingerprint density at radius 3 is 2.08 bits per heavy atom. The van der Waals surface area contributed by atoms with E-state index in [2.05, 4.69) is 59.4 Å². The number of H-pyrrole nitrogens is 1. The van der Waals surface area contributed by atoms with E-state index < -0.39 is 11.2 Å². The Kier molecular flexibility index (Phi) is 7.92. The number of tetrazole rings is 1. The second kappa shape index (κ2) is 11.0. The zero-order valence-electron chi connectivity index (χ0n) is 22.5. The fourth-order valence-electron chi connectivity index (χ4n) is 7.38. The minimum absolute atomic E-state index is 0.115. The predicted octanol–water partition coefficient (Wildman–Crippen LogP) is 1.97. The number of hydrogen-bond acceptors (Lipinski definition) is 10. The van der Waals surface area contributed by atoms with E-state index in [4.69, 9.17) is 4.74 Å². The number of rotatable bonds is 6. The summed E-state index contributed by atoms with van der Waals surface area (Å²) in [7, 11) is 0. The highest BCUT2D eigenvalue weighted by Gasteiger charge is 2.72. The third-order valence-corrected chi connectivity index (χ3v) is 8.82. The summed E-state index contributed by atoms with van der Waals surface area (Å²) in [6, 6.07) is 0.115. The minimum atomic E-state index is -1.07. The average Bonchev–Trinajstić information content (AvgIpc) is 3.45. The van der Waals surface area contributed by atoms with E-state index in [1.807, 2.05) is 6.92 Å². The van der Waals surface area contributed by atoms with Gasteiger partial charge in [-0.1, -0.05) is 24.5 Å². The molecule has 202 valence electrons. The van der Waals surface area contributed by atoms with Crippen molar-refractivity contribution < 1.29 is 9.53 Å². The summed E-state index contributed by atoms with van der Waals surface area (Å²) in [5, 5.41) is 25.9. The molecular weight excluding hydrogens is 458 g/mol. The first-order valence-corrected chi connectivity index (χ1v) is 14.3. The molecule has 36 heavy (non-hydrogen) atoms. The number of likely N-dealkylation sites (tertiary alicyclic amines) is 1. The number of nitrogens with one attached hydrogen (secondary N) is 1. The van der Waals surface area contributed by atoms with Gasteiger partial charge in [0.25, 0.3) is 0 Å². The molecular formula is C25H45N9O2. The number of carbonyl (C=O) groups excluding carboxylic acids is 1. The number of hydrogen-bond donors (Lipinski definition) is 1. The molecule has 0 bridgehead atoms. The quantitative estimate of drug-likeness (QED) is 0.580. The number of piperazine rings is 1. The Hall–Kier alpha value is -1.66. The summed E-state index contributed by atoms with van der Waals surface area (Å²) in [5.41, 5.74) is -2.01. The van der Waals surface area contributed by atoms with Gasteiger partial charge in [0.1, 0.15) is 0 Å². The van der Waals surface area contributed by atoms with Gasteiger partial charge in [-0.3, -0.25) is 4.90 Å². The third kappa shape index (κ3) is 4.16. The molecule has 1 aromatic heterocycles. The number of carbonyl (C=O) groups is 1. The van der Waals surface area contributed by atoms with Gasteiger partial charge in [-0.25, -0.2) is 24.8 Å². The molecule has 4 saturated heterocycles. The van der Waals surface area contributed by atoms with Crippen molar-refractivity contribution in [3.8, 4) is 0 Å². The standard InChI is InChI=1S/C25H45N9O2/c1-4-36-23(35)24(3)25(22-26-28-29-27-22,30-14-8-5-9-15-30)33(31-16-10-6-11-17-31)20-21(2)34(24)32-18-12-7-13-19-32/h21H,4-20H2,1-3H3,(H,26,27,28,29). The van der Waals surface area contributed by atoms with E-state index in [1.165, 1.54) is 19.3 Å². The summed E-state index contributed by atoms with van der Waals surface area (Å²) >= 11 is 0. The topological polar surface area (TPSA) is 97.0 Å². The van der Waals surface area contributed by atoms with E-state index in [1.54, 1.807) is 0 Å². The van der Waals surface area contributed by atoms with E-state index >= 15 is 0 Å². The van der Waals surface area contributed by atoms with Crippen LogP contribution in [0.25, 0.3) is 0 Å². The molecule has 4 fully saturated rings. The molecule has 0 radical (unpaired) electrons. The maximum absolute atomic E-state index is 14.5. The number of piperidine rings is 3. The van der Waals surface area contributed by atoms with Gasteiger partial charge in [0, 0.05) is 51.9 Å². The molecule has 0 spiro atoms. The zero-order chi connectivity index (χ0) is 25.2. The van der Waals surface area contributed by atoms with Gasteiger partial charge >= 0.3 is 5.97 Å². The van der Waals surface area contributed by atoms with Crippen molar-refractivity contribution >= 4 is 5.97 Å². The van der Waals surface area contributed by atoms with Gasteiger partial charge in [-0.15, -0.1) is 10.2 Å². The zero-order valence-corrected chi connectivity index (χ0v) is 22.5. The Morgan fingerprint density at radius 2 is 1.53 bits per heavy atom. The van der Waals surface area contributed by atoms with Crippen molar-refractivity contribution in [1.29, 1.82) is 0 Å². The van der Waals surface area contributed by atoms with Crippen LogP contribution in [0.4, 0.5) is 0 Å². The monoisotopic (exact) mass is 503 g/mol. The molecule has 3 atom stereocenters. The van der Waals surface area contributed by atoms with Crippen molar-refractivity contribution in [2.24, 2.45) is 0 Å². The van der Waals surface area contributed by atoms with Crippen LogP contribution in [-0.2, 0) is 15.2 Å². The lowest BCUT2D eigenvalue weighted by Gasteiger charge is -2.67. The molecule has 0 saturated carbocycles. The fraction of sp³-hybridized carbons (Fsp3) is 0.920. The number of nitrogens with zero attached hydrogens (tertiary/aromatic N) is 8. The number of aromatic amines is 1. The maximum Gasteiger partial charge on any atom is 0.331 e. The van der Waals surface area contributed by atoms with Gasteiger partial charge in [0.2, 0.25) is 5.82 Å². The fourth-order valence-corrected chi connectivity index (χ4v) is 7.38. The number of esters is 1. The molecule has 5 rings (SSSR count). The summed E-state index contributed by atoms with van der Waals surface area (Å²) < 4.78 is 5.97. The van der Waals surface area contributed by atoms with Crippen molar-refractivity contribution in [2.45, 2.75) is 95.8 Å². The highest BCUT2D eigenvalue weighted by Crippen LogP contribution is 2.51. The second-order valence-electron chi connectivity index (χ2n) is 11.1.